The molecular formula is C21H40N2O6P+. The standard InChI is InChI=1S/C21H39N2O6P/c1-6-7-8-9-10-11-12-13-14-15-21(25)20(22-19(2)24)18-29-30(26,27)28-17-16-23(3,4)5/h6-7,10-11,14-15,20-21,25H,8-9,12-13,16-18H2,1-5H3,(H-,22,24,26,27)/p+1/b7-6+,11-10+,15-14+. The molecule has 174 valence electrons. The molecule has 0 bridgehead atoms. The number of hydrogen-bond acceptors (Lipinski definition) is 5. The number of carbonyl (C=O) groups excluding carboxylic acids is 1. The van der Waals surface area contributed by atoms with Gasteiger partial charge in [-0.2, -0.15) is 0 Å². The number of amides is 1. The minimum Gasteiger partial charge on any atom is -0.387 e. The number of aliphatic hydroxyl groups is 1. The number of allylic oxidation sites excluding steroid dienone is 5. The normalized spacial score (nSPS) is 16.9. The van der Waals surface area contributed by atoms with E-state index in [1.807, 2.05) is 40.2 Å². The molecule has 3 N–H and O–H groups in total. The smallest absolute Gasteiger partial charge is 0.387 e. The Morgan fingerprint density at radius 2 is 1.63 bits per heavy atom. The van der Waals surface area contributed by atoms with Crippen LogP contribution >= 0.6 is 7.82 Å². The van der Waals surface area contributed by atoms with Crippen molar-refractivity contribution in [3.8, 4) is 0 Å². The molecule has 0 spiro atoms. The molecule has 0 aromatic rings. The Balaban J connectivity index is 4.50. The van der Waals surface area contributed by atoms with Gasteiger partial charge in [0.25, 0.3) is 0 Å². The third kappa shape index (κ3) is 17.6. The number of nitrogens with zero attached hydrogens (tertiary/aromatic N) is 1. The number of phosphoric acid groups is 1. The fourth-order valence-corrected chi connectivity index (χ4v) is 3.02. The Bertz CT molecular complexity index is 613. The van der Waals surface area contributed by atoms with E-state index in [-0.39, 0.29) is 19.1 Å². The summed E-state index contributed by atoms with van der Waals surface area (Å²) in [5, 5.41) is 12.9. The van der Waals surface area contributed by atoms with E-state index in [4.69, 9.17) is 9.05 Å². The van der Waals surface area contributed by atoms with Crippen LogP contribution in [0.1, 0.15) is 39.5 Å². The lowest BCUT2D eigenvalue weighted by Crippen LogP contribution is -2.44. The van der Waals surface area contributed by atoms with Crippen molar-refractivity contribution in [2.24, 2.45) is 0 Å². The minimum atomic E-state index is -4.28. The molecule has 0 aliphatic heterocycles. The van der Waals surface area contributed by atoms with Gasteiger partial charge in [-0.3, -0.25) is 13.8 Å². The summed E-state index contributed by atoms with van der Waals surface area (Å²) in [5.41, 5.74) is 0. The van der Waals surface area contributed by atoms with Gasteiger partial charge in [-0.05, 0) is 32.6 Å². The van der Waals surface area contributed by atoms with Crippen molar-refractivity contribution in [2.45, 2.75) is 51.7 Å². The van der Waals surface area contributed by atoms with Crippen molar-refractivity contribution >= 4 is 13.7 Å². The minimum absolute atomic E-state index is 0.0484. The largest absolute Gasteiger partial charge is 0.472 e. The highest BCUT2D eigenvalue weighted by Gasteiger charge is 2.27. The molecule has 0 aromatic heterocycles. The molecule has 0 heterocycles. The van der Waals surface area contributed by atoms with Crippen molar-refractivity contribution in [3.63, 3.8) is 0 Å². The summed E-state index contributed by atoms with van der Waals surface area (Å²) in [6.45, 7) is 3.52. The predicted octanol–water partition coefficient (Wildman–Crippen LogP) is 2.94. The fraction of sp³-hybridized carbons (Fsp3) is 0.667. The van der Waals surface area contributed by atoms with Crippen molar-refractivity contribution in [1.82, 2.24) is 5.32 Å². The monoisotopic (exact) mass is 447 g/mol. The molecule has 0 saturated heterocycles. The Labute approximate surface area is 181 Å². The molecule has 0 saturated carbocycles. The van der Waals surface area contributed by atoms with Gasteiger partial charge in [-0.25, -0.2) is 4.57 Å². The van der Waals surface area contributed by atoms with Gasteiger partial charge >= 0.3 is 7.82 Å². The van der Waals surface area contributed by atoms with Crippen molar-refractivity contribution in [3.05, 3.63) is 36.5 Å². The van der Waals surface area contributed by atoms with Crippen LogP contribution in [0.2, 0.25) is 0 Å². The lowest BCUT2D eigenvalue weighted by molar-refractivity contribution is -0.870. The number of nitrogens with one attached hydrogen (secondary N) is 1. The highest BCUT2D eigenvalue weighted by molar-refractivity contribution is 7.47. The topological polar surface area (TPSA) is 105 Å². The maximum absolute atomic E-state index is 12.0. The maximum atomic E-state index is 12.0. The number of hydrogen-bond donors (Lipinski definition) is 3. The molecule has 0 aliphatic rings. The highest BCUT2D eigenvalue weighted by atomic mass is 31.2. The number of rotatable bonds is 16. The summed E-state index contributed by atoms with van der Waals surface area (Å²) in [7, 11) is 1.52. The van der Waals surface area contributed by atoms with Gasteiger partial charge in [-0.15, -0.1) is 0 Å². The van der Waals surface area contributed by atoms with E-state index in [0.29, 0.717) is 11.0 Å². The molecule has 30 heavy (non-hydrogen) atoms. The van der Waals surface area contributed by atoms with Crippen LogP contribution < -0.4 is 5.32 Å². The first-order chi connectivity index (χ1) is 14.0. The van der Waals surface area contributed by atoms with E-state index in [1.165, 1.54) is 6.92 Å². The first kappa shape index (κ1) is 28.7. The van der Waals surface area contributed by atoms with E-state index in [9.17, 15) is 19.4 Å². The Hall–Kier alpha value is -1.28. The average Bonchev–Trinajstić information content (AvgIpc) is 2.62. The Kier molecular flexibility index (Phi) is 14.8. The lowest BCUT2D eigenvalue weighted by atomic mass is 10.1. The van der Waals surface area contributed by atoms with Gasteiger partial charge in [0, 0.05) is 6.92 Å². The van der Waals surface area contributed by atoms with E-state index in [0.717, 1.165) is 25.7 Å². The molecule has 0 aromatic carbocycles. The number of likely N-dealkylation sites (N-methyl/N-ethyl adjacent to an activating group) is 1. The third-order valence-corrected chi connectivity index (χ3v) is 4.95. The molecule has 3 unspecified atom stereocenters. The number of quaternary nitrogens is 1. The van der Waals surface area contributed by atoms with Gasteiger partial charge in [0.05, 0.1) is 39.9 Å². The SMILES string of the molecule is C/C=C/CC/C=C/CC/C=C/C(O)C(COP(=O)(O)OCC[N+](C)(C)C)NC(C)=O. The molecule has 0 fully saturated rings. The maximum Gasteiger partial charge on any atom is 0.472 e. The first-order valence-electron chi connectivity index (χ1n) is 10.3. The lowest BCUT2D eigenvalue weighted by Gasteiger charge is -2.25. The van der Waals surface area contributed by atoms with E-state index in [2.05, 4.69) is 23.5 Å². The van der Waals surface area contributed by atoms with Gasteiger partial charge < -0.3 is 19.8 Å². The molecular weight excluding hydrogens is 407 g/mol. The van der Waals surface area contributed by atoms with Gasteiger partial charge in [0.1, 0.15) is 13.2 Å². The zero-order valence-electron chi connectivity index (χ0n) is 19.0. The second-order valence-corrected chi connectivity index (χ2v) is 9.49. The summed E-state index contributed by atoms with van der Waals surface area (Å²) in [6.07, 6.45) is 14.3. The first-order valence-corrected chi connectivity index (χ1v) is 11.8. The molecule has 0 rings (SSSR count). The summed E-state index contributed by atoms with van der Waals surface area (Å²) < 4.78 is 22.5. The van der Waals surface area contributed by atoms with Gasteiger partial charge in [0.2, 0.25) is 5.91 Å². The predicted molar refractivity (Wildman–Crippen MR) is 120 cm³/mol. The Morgan fingerprint density at radius 1 is 1.07 bits per heavy atom. The van der Waals surface area contributed by atoms with Crippen molar-refractivity contribution in [1.29, 1.82) is 0 Å². The average molecular weight is 448 g/mol. The molecule has 0 aliphatic carbocycles. The highest BCUT2D eigenvalue weighted by Crippen LogP contribution is 2.43. The van der Waals surface area contributed by atoms with Crippen molar-refractivity contribution in [2.75, 3.05) is 40.9 Å². The van der Waals surface area contributed by atoms with E-state index < -0.39 is 20.0 Å². The van der Waals surface area contributed by atoms with Crippen LogP contribution in [0, 0.1) is 0 Å². The molecule has 9 heteroatoms. The molecule has 3 atom stereocenters. The van der Waals surface area contributed by atoms with Crippen LogP contribution in [-0.2, 0) is 18.4 Å². The number of phosphoric ester groups is 1. The fourth-order valence-electron chi connectivity index (χ4n) is 2.29. The zero-order chi connectivity index (χ0) is 23.0. The number of aliphatic hydroxyl groups excluding tert-OH is 1. The summed E-state index contributed by atoms with van der Waals surface area (Å²) >= 11 is 0. The second kappa shape index (κ2) is 15.5. The van der Waals surface area contributed by atoms with E-state index >= 15 is 0 Å². The van der Waals surface area contributed by atoms with Crippen LogP contribution in [0.15, 0.2) is 36.5 Å². The van der Waals surface area contributed by atoms with Crippen LogP contribution in [0.3, 0.4) is 0 Å². The van der Waals surface area contributed by atoms with Crippen LogP contribution in [0.4, 0.5) is 0 Å². The molecule has 8 nitrogen and oxygen atoms in total. The van der Waals surface area contributed by atoms with E-state index in [1.54, 1.807) is 6.08 Å². The summed E-state index contributed by atoms with van der Waals surface area (Å²) in [6, 6.07) is -0.863. The van der Waals surface area contributed by atoms with Crippen molar-refractivity contribution < 1.29 is 32.9 Å². The van der Waals surface area contributed by atoms with Gasteiger partial charge in [-0.1, -0.05) is 36.5 Å². The number of unbranched alkanes of at least 4 members (excludes halogenated alkanes) is 2. The summed E-state index contributed by atoms with van der Waals surface area (Å²) in [5.74, 6) is -0.376. The second-order valence-electron chi connectivity index (χ2n) is 8.03. The quantitative estimate of drug-likeness (QED) is 0.145. The van der Waals surface area contributed by atoms with Crippen LogP contribution in [0.5, 0.6) is 0 Å². The van der Waals surface area contributed by atoms with Crippen LogP contribution in [0.25, 0.3) is 0 Å². The summed E-state index contributed by atoms with van der Waals surface area (Å²) in [4.78, 5) is 21.2. The number of carbonyl (C=O) groups is 1. The third-order valence-electron chi connectivity index (χ3n) is 3.97. The zero-order valence-corrected chi connectivity index (χ0v) is 19.9. The molecule has 0 radical (unpaired) electrons. The van der Waals surface area contributed by atoms with Gasteiger partial charge in [0.15, 0.2) is 0 Å². The Morgan fingerprint density at radius 3 is 2.17 bits per heavy atom. The molecule has 1 amide bonds. The van der Waals surface area contributed by atoms with Crippen LogP contribution in [-0.4, -0.2) is 73.4 Å².